The Kier molecular flexibility index (Phi) is 3.87. The largest absolute Gasteiger partial charge is 0.494 e. The normalized spacial score (nSPS) is 11.6. The molecule has 0 aliphatic carbocycles. The van der Waals surface area contributed by atoms with Crippen LogP contribution in [-0.2, 0) is 17.1 Å². The summed E-state index contributed by atoms with van der Waals surface area (Å²) in [4.78, 5) is -0.0354. The van der Waals surface area contributed by atoms with Crippen molar-refractivity contribution in [2.75, 3.05) is 11.8 Å². The monoisotopic (exact) mass is 352 g/mol. The summed E-state index contributed by atoms with van der Waals surface area (Å²) in [5, 5.41) is 8.07. The van der Waals surface area contributed by atoms with Gasteiger partial charge in [-0.1, -0.05) is 22.9 Å². The summed E-state index contributed by atoms with van der Waals surface area (Å²) in [5.41, 5.74) is 1.76. The molecule has 0 saturated heterocycles. The van der Waals surface area contributed by atoms with E-state index in [2.05, 4.69) is 15.0 Å². The summed E-state index contributed by atoms with van der Waals surface area (Å²) in [5.74, 6) is 0.0993. The Bertz CT molecular complexity index is 985. The average Bonchev–Trinajstić information content (AvgIpc) is 2.87. The second-order valence-electron chi connectivity index (χ2n) is 4.79. The Morgan fingerprint density at radius 3 is 2.78 bits per heavy atom. The second-order valence-corrected chi connectivity index (χ2v) is 6.85. The molecule has 0 unspecified atom stereocenters. The quantitative estimate of drug-likeness (QED) is 0.779. The topological polar surface area (TPSA) is 86.1 Å². The van der Waals surface area contributed by atoms with Crippen LogP contribution in [0.15, 0.2) is 41.3 Å². The van der Waals surface area contributed by atoms with Gasteiger partial charge in [-0.3, -0.25) is 4.72 Å². The van der Waals surface area contributed by atoms with Crippen LogP contribution in [0.2, 0.25) is 5.02 Å². The number of sulfonamides is 1. The lowest BCUT2D eigenvalue weighted by Gasteiger charge is -2.12. The number of hydrogen-bond acceptors (Lipinski definition) is 5. The minimum atomic E-state index is -3.85. The van der Waals surface area contributed by atoms with E-state index in [-0.39, 0.29) is 15.7 Å². The molecule has 0 radical (unpaired) electrons. The third kappa shape index (κ3) is 2.82. The molecule has 0 amide bonds. The number of nitrogens with one attached hydrogen (secondary N) is 1. The fourth-order valence-electron chi connectivity index (χ4n) is 2.21. The smallest absolute Gasteiger partial charge is 0.265 e. The van der Waals surface area contributed by atoms with Gasteiger partial charge in [0.1, 0.15) is 10.4 Å². The third-order valence-electron chi connectivity index (χ3n) is 3.29. The van der Waals surface area contributed by atoms with Gasteiger partial charge in [0, 0.05) is 7.05 Å². The van der Waals surface area contributed by atoms with Gasteiger partial charge in [0.05, 0.1) is 23.3 Å². The molecule has 0 aliphatic heterocycles. The number of hydrogen-bond donors (Lipinski definition) is 1. The molecule has 2 aromatic carbocycles. The first-order valence-electron chi connectivity index (χ1n) is 6.57. The first-order chi connectivity index (χ1) is 10.9. The number of anilines is 1. The number of para-hydroxylation sites is 1. The van der Waals surface area contributed by atoms with E-state index in [1.54, 1.807) is 42.1 Å². The zero-order valence-electron chi connectivity index (χ0n) is 12.3. The van der Waals surface area contributed by atoms with Crippen LogP contribution < -0.4 is 9.46 Å². The summed E-state index contributed by atoms with van der Waals surface area (Å²) in [7, 11) is -0.728. The predicted octanol–water partition coefficient (Wildman–Crippen LogP) is 2.43. The van der Waals surface area contributed by atoms with Gasteiger partial charge in [-0.05, 0) is 30.3 Å². The van der Waals surface area contributed by atoms with Crippen molar-refractivity contribution < 1.29 is 13.2 Å². The molecule has 3 aromatic rings. The summed E-state index contributed by atoms with van der Waals surface area (Å²) in [6.07, 6.45) is 0. The van der Waals surface area contributed by atoms with E-state index >= 15 is 0 Å². The molecular weight excluding hydrogens is 340 g/mol. The van der Waals surface area contributed by atoms with Gasteiger partial charge >= 0.3 is 0 Å². The first kappa shape index (κ1) is 15.6. The molecule has 0 atom stereocenters. The van der Waals surface area contributed by atoms with Crippen LogP contribution in [0.5, 0.6) is 5.75 Å². The summed E-state index contributed by atoms with van der Waals surface area (Å²) in [6.45, 7) is 0. The molecule has 0 bridgehead atoms. The van der Waals surface area contributed by atoms with Crippen LogP contribution in [-0.4, -0.2) is 30.5 Å². The zero-order chi connectivity index (χ0) is 16.6. The number of fused-ring (bicyclic) bond motifs is 1. The maximum absolute atomic E-state index is 12.6. The van der Waals surface area contributed by atoms with Crippen molar-refractivity contribution in [2.45, 2.75) is 4.90 Å². The van der Waals surface area contributed by atoms with Crippen molar-refractivity contribution >= 4 is 38.3 Å². The lowest BCUT2D eigenvalue weighted by atomic mass is 10.3. The van der Waals surface area contributed by atoms with E-state index in [9.17, 15) is 8.42 Å². The van der Waals surface area contributed by atoms with Gasteiger partial charge in [-0.2, -0.15) is 0 Å². The van der Waals surface area contributed by atoms with Crippen LogP contribution in [0.1, 0.15) is 0 Å². The molecular formula is C14H13ClN4O3S. The number of aryl methyl sites for hydroxylation is 1. The molecule has 1 N–H and O–H groups in total. The Balaban J connectivity index is 2.01. The molecule has 1 heterocycles. The average molecular weight is 353 g/mol. The summed E-state index contributed by atoms with van der Waals surface area (Å²) in [6, 6.07) is 9.52. The number of nitrogens with zero attached hydrogens (tertiary/aromatic N) is 3. The van der Waals surface area contributed by atoms with Crippen molar-refractivity contribution in [3.05, 3.63) is 41.4 Å². The Morgan fingerprint density at radius 1 is 1.26 bits per heavy atom. The molecule has 7 nitrogen and oxygen atoms in total. The van der Waals surface area contributed by atoms with Crippen LogP contribution in [0.4, 0.5) is 5.69 Å². The van der Waals surface area contributed by atoms with E-state index in [4.69, 9.17) is 16.3 Å². The minimum Gasteiger partial charge on any atom is -0.494 e. The lowest BCUT2D eigenvalue weighted by Crippen LogP contribution is -2.14. The molecule has 0 aliphatic rings. The highest BCUT2D eigenvalue weighted by Gasteiger charge is 2.21. The molecule has 23 heavy (non-hydrogen) atoms. The van der Waals surface area contributed by atoms with Crippen LogP contribution in [0, 0.1) is 0 Å². The molecule has 0 fully saturated rings. The first-order valence-corrected chi connectivity index (χ1v) is 8.43. The SMILES string of the molecule is COc1c(Cl)cccc1S(=O)(=O)Nc1ccc2c(c1)nnn2C. The standard InChI is InChI=1S/C14H13ClN4O3S/c1-19-12-7-6-9(8-11(12)16-18-19)17-23(20,21)13-5-3-4-10(15)14(13)22-2/h3-8,17H,1-2H3. The van der Waals surface area contributed by atoms with Crippen LogP contribution in [0.3, 0.4) is 0 Å². The zero-order valence-corrected chi connectivity index (χ0v) is 13.9. The van der Waals surface area contributed by atoms with E-state index in [0.29, 0.717) is 11.2 Å². The van der Waals surface area contributed by atoms with E-state index in [0.717, 1.165) is 5.52 Å². The van der Waals surface area contributed by atoms with E-state index in [1.165, 1.54) is 13.2 Å². The van der Waals surface area contributed by atoms with E-state index < -0.39 is 10.0 Å². The number of rotatable bonds is 4. The minimum absolute atomic E-state index is 0.0354. The van der Waals surface area contributed by atoms with Gasteiger partial charge in [-0.25, -0.2) is 13.1 Å². The van der Waals surface area contributed by atoms with Gasteiger partial charge in [0.15, 0.2) is 5.75 Å². The van der Waals surface area contributed by atoms with Crippen molar-refractivity contribution in [3.63, 3.8) is 0 Å². The number of halogens is 1. The number of benzene rings is 2. The van der Waals surface area contributed by atoms with Gasteiger partial charge in [0.2, 0.25) is 0 Å². The Hall–Kier alpha value is -2.32. The number of aromatic nitrogens is 3. The predicted molar refractivity (Wildman–Crippen MR) is 87.3 cm³/mol. The Labute approximate surface area is 137 Å². The molecule has 0 saturated carbocycles. The van der Waals surface area contributed by atoms with Gasteiger partial charge in [0.25, 0.3) is 10.0 Å². The third-order valence-corrected chi connectivity index (χ3v) is 4.99. The summed E-state index contributed by atoms with van der Waals surface area (Å²) < 4.78 is 34.4. The highest BCUT2D eigenvalue weighted by molar-refractivity contribution is 7.92. The summed E-state index contributed by atoms with van der Waals surface area (Å²) >= 11 is 5.98. The van der Waals surface area contributed by atoms with Crippen molar-refractivity contribution in [3.8, 4) is 5.75 Å². The molecule has 9 heteroatoms. The lowest BCUT2D eigenvalue weighted by molar-refractivity contribution is 0.403. The fourth-order valence-corrected chi connectivity index (χ4v) is 3.76. The van der Waals surface area contributed by atoms with Crippen molar-refractivity contribution in [1.29, 1.82) is 0 Å². The van der Waals surface area contributed by atoms with Gasteiger partial charge in [-0.15, -0.1) is 5.10 Å². The second kappa shape index (κ2) is 5.71. The highest BCUT2D eigenvalue weighted by atomic mass is 35.5. The fraction of sp³-hybridized carbons (Fsp3) is 0.143. The highest BCUT2D eigenvalue weighted by Crippen LogP contribution is 2.32. The maximum Gasteiger partial charge on any atom is 0.265 e. The van der Waals surface area contributed by atoms with Crippen LogP contribution in [0.25, 0.3) is 11.0 Å². The number of ether oxygens (including phenoxy) is 1. The van der Waals surface area contributed by atoms with Crippen LogP contribution >= 0.6 is 11.6 Å². The number of methoxy groups -OCH3 is 1. The van der Waals surface area contributed by atoms with Crippen molar-refractivity contribution in [1.82, 2.24) is 15.0 Å². The molecule has 3 rings (SSSR count). The molecule has 1 aromatic heterocycles. The Morgan fingerprint density at radius 2 is 2.04 bits per heavy atom. The maximum atomic E-state index is 12.6. The van der Waals surface area contributed by atoms with E-state index in [1.807, 2.05) is 0 Å². The molecule has 0 spiro atoms. The molecule has 120 valence electrons. The van der Waals surface area contributed by atoms with Gasteiger partial charge < -0.3 is 4.74 Å². The van der Waals surface area contributed by atoms with Crippen molar-refractivity contribution in [2.24, 2.45) is 7.05 Å².